The van der Waals surface area contributed by atoms with Crippen molar-refractivity contribution >= 4 is 37.3 Å². The van der Waals surface area contributed by atoms with Gasteiger partial charge in [-0.25, -0.2) is 0 Å². The van der Waals surface area contributed by atoms with E-state index in [0.717, 1.165) is 33.4 Å². The second kappa shape index (κ2) is 18.3. The van der Waals surface area contributed by atoms with E-state index >= 15 is 0 Å². The second-order valence-electron chi connectivity index (χ2n) is 22.4. The standard InChI is InChI=1S/C54H72N6/c1-49(2,3)43-22-40(23-44(28-43)50(4,5)6)34-58-55-31-37-19-38(32-56-59-35-41-24-45(51(7,8)9)29-46(25-41)52(10,11)12)21-39(20-37)33-57-60-36-42-26-47(53(13,14)15)30-48(27-42)54(16,17)18/h19-36H,1-18H3/b55-31+,56-32+,57-33+,58-34+,59-35+,60-36+. The molecule has 0 atom stereocenters. The molecule has 4 aromatic carbocycles. The lowest BCUT2D eigenvalue weighted by Gasteiger charge is -2.25. The summed E-state index contributed by atoms with van der Waals surface area (Å²) >= 11 is 0. The van der Waals surface area contributed by atoms with Crippen molar-refractivity contribution in [3.8, 4) is 0 Å². The molecule has 0 amide bonds. The van der Waals surface area contributed by atoms with Crippen molar-refractivity contribution in [2.24, 2.45) is 30.6 Å². The molecule has 0 unspecified atom stereocenters. The zero-order chi connectivity index (χ0) is 44.9. The minimum absolute atomic E-state index is 0.0127. The summed E-state index contributed by atoms with van der Waals surface area (Å²) in [6, 6.07) is 26.2. The Morgan fingerprint density at radius 1 is 0.217 bits per heavy atom. The predicted molar refractivity (Wildman–Crippen MR) is 264 cm³/mol. The van der Waals surface area contributed by atoms with Crippen LogP contribution in [0.2, 0.25) is 0 Å². The van der Waals surface area contributed by atoms with E-state index in [1.54, 1.807) is 18.6 Å². The van der Waals surface area contributed by atoms with E-state index in [4.69, 9.17) is 0 Å². The zero-order valence-electron chi connectivity index (χ0n) is 40.1. The van der Waals surface area contributed by atoms with Crippen molar-refractivity contribution in [3.05, 3.63) is 140 Å². The average molecular weight is 805 g/mol. The molecule has 60 heavy (non-hydrogen) atoms. The van der Waals surface area contributed by atoms with Gasteiger partial charge in [-0.05, 0) is 154 Å². The maximum absolute atomic E-state index is 4.49. The maximum Gasteiger partial charge on any atom is 0.0568 e. The van der Waals surface area contributed by atoms with Crippen LogP contribution in [-0.4, -0.2) is 37.3 Å². The highest BCUT2D eigenvalue weighted by molar-refractivity contribution is 5.93. The van der Waals surface area contributed by atoms with E-state index in [-0.39, 0.29) is 32.5 Å². The van der Waals surface area contributed by atoms with E-state index in [1.807, 2.05) is 36.8 Å². The lowest BCUT2D eigenvalue weighted by Crippen LogP contribution is -2.17. The fraction of sp³-hybridized carbons (Fsp3) is 0.444. The summed E-state index contributed by atoms with van der Waals surface area (Å²) < 4.78 is 0. The van der Waals surface area contributed by atoms with Crippen LogP contribution in [-0.2, 0) is 32.5 Å². The first kappa shape index (κ1) is 47.6. The molecule has 4 rings (SSSR count). The van der Waals surface area contributed by atoms with Crippen LogP contribution in [0.3, 0.4) is 0 Å². The lowest BCUT2D eigenvalue weighted by molar-refractivity contribution is 0.568. The maximum atomic E-state index is 4.49. The van der Waals surface area contributed by atoms with E-state index in [9.17, 15) is 0 Å². The van der Waals surface area contributed by atoms with E-state index in [2.05, 4.69) is 210 Å². The van der Waals surface area contributed by atoms with Gasteiger partial charge in [0, 0.05) is 0 Å². The van der Waals surface area contributed by atoms with Gasteiger partial charge >= 0.3 is 0 Å². The van der Waals surface area contributed by atoms with Crippen LogP contribution in [0.4, 0.5) is 0 Å². The predicted octanol–water partition coefficient (Wildman–Crippen LogP) is 13.8. The Bertz CT molecular complexity index is 1940. The van der Waals surface area contributed by atoms with E-state index in [1.165, 1.54) is 33.4 Å². The summed E-state index contributed by atoms with van der Waals surface area (Å²) in [4.78, 5) is 0. The molecule has 0 N–H and O–H groups in total. The molecule has 0 spiro atoms. The molecule has 4 aromatic rings. The third-order valence-electron chi connectivity index (χ3n) is 10.5. The van der Waals surface area contributed by atoms with Crippen molar-refractivity contribution in [1.29, 1.82) is 0 Å². The van der Waals surface area contributed by atoms with Gasteiger partial charge in [0.2, 0.25) is 0 Å². The molecule has 0 bridgehead atoms. The van der Waals surface area contributed by atoms with Crippen LogP contribution >= 0.6 is 0 Å². The molecule has 0 saturated heterocycles. The Morgan fingerprint density at radius 2 is 0.350 bits per heavy atom. The Hall–Kier alpha value is -5.10. The lowest BCUT2D eigenvalue weighted by atomic mass is 9.79. The smallest absolute Gasteiger partial charge is 0.0568 e. The van der Waals surface area contributed by atoms with Crippen molar-refractivity contribution in [3.63, 3.8) is 0 Å². The fourth-order valence-electron chi connectivity index (χ4n) is 6.30. The van der Waals surface area contributed by atoms with Crippen LogP contribution in [0.25, 0.3) is 0 Å². The van der Waals surface area contributed by atoms with Gasteiger partial charge in [-0.3, -0.25) is 0 Å². The Morgan fingerprint density at radius 3 is 0.483 bits per heavy atom. The van der Waals surface area contributed by atoms with Gasteiger partial charge in [0.25, 0.3) is 0 Å². The largest absolute Gasteiger partial charge is 0.159 e. The van der Waals surface area contributed by atoms with Gasteiger partial charge in [0.1, 0.15) is 0 Å². The normalized spacial score (nSPS) is 14.1. The second-order valence-corrected chi connectivity index (χ2v) is 22.4. The van der Waals surface area contributed by atoms with Gasteiger partial charge in [-0.1, -0.05) is 143 Å². The molecular formula is C54H72N6. The minimum atomic E-state index is 0.0127. The van der Waals surface area contributed by atoms with Gasteiger partial charge in [-0.15, -0.1) is 0 Å². The highest BCUT2D eigenvalue weighted by Gasteiger charge is 2.22. The highest BCUT2D eigenvalue weighted by atomic mass is 15.2. The fourth-order valence-corrected chi connectivity index (χ4v) is 6.30. The van der Waals surface area contributed by atoms with Crippen LogP contribution in [0, 0.1) is 0 Å². The quantitative estimate of drug-likeness (QED) is 0.119. The average Bonchev–Trinajstić information content (AvgIpc) is 3.11. The number of hydrogen-bond donors (Lipinski definition) is 0. The first-order valence-electron chi connectivity index (χ1n) is 21.3. The topological polar surface area (TPSA) is 74.2 Å². The molecular weight excluding hydrogens is 733 g/mol. The molecule has 0 aromatic heterocycles. The third-order valence-corrected chi connectivity index (χ3v) is 10.5. The van der Waals surface area contributed by atoms with Crippen molar-refractivity contribution < 1.29 is 0 Å². The molecule has 318 valence electrons. The van der Waals surface area contributed by atoms with Crippen LogP contribution in [0.5, 0.6) is 0 Å². The van der Waals surface area contributed by atoms with Crippen molar-refractivity contribution in [1.82, 2.24) is 0 Å². The summed E-state index contributed by atoms with van der Waals surface area (Å²) in [6.07, 6.45) is 10.8. The molecule has 0 aliphatic heterocycles. The Kier molecular flexibility index (Phi) is 14.5. The van der Waals surface area contributed by atoms with Crippen molar-refractivity contribution in [2.75, 3.05) is 0 Å². The molecule has 0 aliphatic carbocycles. The number of benzene rings is 4. The van der Waals surface area contributed by atoms with Gasteiger partial charge in [0.15, 0.2) is 0 Å². The van der Waals surface area contributed by atoms with E-state index in [0.29, 0.717) is 0 Å². The number of rotatable bonds is 9. The zero-order valence-corrected chi connectivity index (χ0v) is 40.1. The summed E-state index contributed by atoms with van der Waals surface area (Å²) in [5.74, 6) is 0. The molecule has 0 radical (unpaired) electrons. The Labute approximate surface area is 363 Å². The minimum Gasteiger partial charge on any atom is -0.159 e. The highest BCUT2D eigenvalue weighted by Crippen LogP contribution is 2.32. The molecule has 0 fully saturated rings. The molecule has 0 saturated carbocycles. The first-order chi connectivity index (χ1) is 27.5. The van der Waals surface area contributed by atoms with Gasteiger partial charge in [0.05, 0.1) is 37.3 Å². The first-order valence-corrected chi connectivity index (χ1v) is 21.3. The number of nitrogens with zero attached hydrogens (tertiary/aromatic N) is 6. The molecule has 0 heterocycles. The summed E-state index contributed by atoms with van der Waals surface area (Å²) in [6.45, 7) is 40.3. The van der Waals surface area contributed by atoms with Gasteiger partial charge < -0.3 is 0 Å². The van der Waals surface area contributed by atoms with Crippen LogP contribution < -0.4 is 0 Å². The third kappa shape index (κ3) is 14.3. The summed E-state index contributed by atoms with van der Waals surface area (Å²) in [7, 11) is 0. The van der Waals surface area contributed by atoms with Crippen LogP contribution in [0.15, 0.2) is 103 Å². The van der Waals surface area contributed by atoms with Crippen molar-refractivity contribution in [2.45, 2.75) is 157 Å². The number of hydrogen-bond acceptors (Lipinski definition) is 6. The molecule has 0 aliphatic rings. The van der Waals surface area contributed by atoms with Gasteiger partial charge in [-0.2, -0.15) is 30.6 Å². The SMILES string of the molecule is CC(C)(C)c1cc(/C=N/N=C/c2cc(/C=N/N=C/c3cc(C(C)(C)C)cc(C(C)(C)C)c3)cc(/C=N/N=C/c3cc(C(C)(C)C)cc(C(C)(C)C)c3)c2)cc(C(C)(C)C)c1. The van der Waals surface area contributed by atoms with E-state index < -0.39 is 0 Å². The molecule has 6 nitrogen and oxygen atoms in total. The van der Waals surface area contributed by atoms with Crippen LogP contribution in [0.1, 0.15) is 191 Å². The molecule has 6 heteroatoms. The summed E-state index contributed by atoms with van der Waals surface area (Å²) in [5.41, 5.74) is 13.3. The summed E-state index contributed by atoms with van der Waals surface area (Å²) in [5, 5.41) is 26.9. The monoisotopic (exact) mass is 805 g/mol. The Balaban J connectivity index is 1.70.